The average molecular weight is 634 g/mol. The molecule has 0 saturated carbocycles. The minimum Gasteiger partial charge on any atom is -0.444 e. The number of ether oxygens (including phenoxy) is 2. The number of carbonyl (C=O) groups is 2. The van der Waals surface area contributed by atoms with Crippen LogP contribution < -0.4 is 0 Å². The number of amides is 1. The van der Waals surface area contributed by atoms with Crippen LogP contribution in [0.5, 0.6) is 0 Å². The van der Waals surface area contributed by atoms with Crippen LogP contribution >= 0.6 is 0 Å². The number of hydrogen-bond acceptors (Lipinski definition) is 7. The zero-order valence-corrected chi connectivity index (χ0v) is 29.5. The van der Waals surface area contributed by atoms with Crippen molar-refractivity contribution in [3.63, 3.8) is 0 Å². The lowest BCUT2D eigenvalue weighted by molar-refractivity contribution is 0.0204. The van der Waals surface area contributed by atoms with E-state index in [-0.39, 0.29) is 47.9 Å². The quantitative estimate of drug-likeness (QED) is 0.151. The molecule has 2 aliphatic rings. The molecule has 0 atom stereocenters. The van der Waals surface area contributed by atoms with Crippen LogP contribution in [0.25, 0.3) is 5.57 Å². The number of nitriles is 1. The number of carbonyl (C=O) groups excluding carboxylic acids is 2. The van der Waals surface area contributed by atoms with Gasteiger partial charge in [0.25, 0.3) is 0 Å². The number of aromatic nitrogens is 3. The highest BCUT2D eigenvalue weighted by molar-refractivity contribution is 6.76. The minimum atomic E-state index is -1.25. The van der Waals surface area contributed by atoms with E-state index >= 15 is 0 Å². The van der Waals surface area contributed by atoms with Crippen molar-refractivity contribution in [2.24, 2.45) is 5.41 Å². The van der Waals surface area contributed by atoms with Gasteiger partial charge in [-0.15, -0.1) is 0 Å². The van der Waals surface area contributed by atoms with E-state index in [1.165, 1.54) is 5.57 Å². The maximum Gasteiger partial charge on any atom is 0.410 e. The Balaban J connectivity index is 1.55. The molecule has 0 bridgehead atoms. The number of hydrogen-bond donors (Lipinski definition) is 0. The topological polar surface area (TPSA) is 110 Å². The monoisotopic (exact) mass is 633 g/mol. The van der Waals surface area contributed by atoms with Crippen molar-refractivity contribution in [3.05, 3.63) is 52.9 Å². The van der Waals surface area contributed by atoms with Crippen molar-refractivity contribution in [1.29, 1.82) is 5.26 Å². The fourth-order valence-electron chi connectivity index (χ4n) is 5.71. The summed E-state index contributed by atoms with van der Waals surface area (Å²) >= 11 is 0. The van der Waals surface area contributed by atoms with Crippen LogP contribution in [-0.4, -0.2) is 64.7 Å². The van der Waals surface area contributed by atoms with Gasteiger partial charge in [0.2, 0.25) is 5.78 Å². The summed E-state index contributed by atoms with van der Waals surface area (Å²) in [5.74, 6) is 0.296. The Morgan fingerprint density at radius 3 is 2.44 bits per heavy atom. The Morgan fingerprint density at radius 1 is 1.13 bits per heavy atom. The molecule has 0 spiro atoms. The lowest BCUT2D eigenvalue weighted by Gasteiger charge is -2.33. The number of imidazole rings is 1. The van der Waals surface area contributed by atoms with Gasteiger partial charge >= 0.3 is 6.09 Å². The predicted octanol–water partition coefficient (Wildman–Crippen LogP) is 7.60. The van der Waals surface area contributed by atoms with Crippen LogP contribution in [-0.2, 0) is 22.6 Å². The second kappa shape index (κ2) is 14.0. The molecule has 4 rings (SSSR count). The summed E-state index contributed by atoms with van der Waals surface area (Å²) in [5.41, 5.74) is 3.86. The van der Waals surface area contributed by atoms with Crippen LogP contribution in [0.4, 0.5) is 4.79 Å². The van der Waals surface area contributed by atoms with Crippen molar-refractivity contribution < 1.29 is 19.1 Å². The van der Waals surface area contributed by atoms with Gasteiger partial charge in [0.15, 0.2) is 11.5 Å². The third-order valence-electron chi connectivity index (χ3n) is 8.56. The molecule has 3 heterocycles. The lowest BCUT2D eigenvalue weighted by Crippen LogP contribution is -2.41. The van der Waals surface area contributed by atoms with Crippen LogP contribution in [0.1, 0.15) is 106 Å². The first-order valence-corrected chi connectivity index (χ1v) is 20.0. The van der Waals surface area contributed by atoms with Gasteiger partial charge in [-0.1, -0.05) is 45.6 Å². The fourth-order valence-corrected chi connectivity index (χ4v) is 6.47. The molecular formula is C35H51N5O4Si. The van der Waals surface area contributed by atoms with Gasteiger partial charge in [-0.25, -0.2) is 9.78 Å². The Bertz CT molecular complexity index is 1450. The predicted molar refractivity (Wildman–Crippen MR) is 179 cm³/mol. The van der Waals surface area contributed by atoms with E-state index in [1.807, 2.05) is 32.9 Å². The van der Waals surface area contributed by atoms with E-state index < -0.39 is 13.7 Å². The average Bonchev–Trinajstić information content (AvgIpc) is 3.38. The lowest BCUT2D eigenvalue weighted by atomic mass is 9.77. The summed E-state index contributed by atoms with van der Waals surface area (Å²) in [6.07, 6.45) is 8.28. The summed E-state index contributed by atoms with van der Waals surface area (Å²) < 4.78 is 13.1. The van der Waals surface area contributed by atoms with Gasteiger partial charge < -0.3 is 18.9 Å². The molecule has 0 unspecified atom stereocenters. The SMILES string of the molecule is CC1(C)CC=C(c2nc(C3CCN(C(=O)OC(C)(C)C)CC3)ccc2CC(=O)c2nc(C#N)cn2COCC[Si](C)(C)C)CC1. The number of likely N-dealkylation sites (tertiary alicyclic amines) is 1. The maximum atomic E-state index is 13.7. The van der Waals surface area contributed by atoms with E-state index in [0.717, 1.165) is 55.1 Å². The molecular weight excluding hydrogens is 583 g/mol. The molecule has 1 fully saturated rings. The van der Waals surface area contributed by atoms with E-state index in [1.54, 1.807) is 15.7 Å². The van der Waals surface area contributed by atoms with Gasteiger partial charge in [0.1, 0.15) is 18.4 Å². The molecule has 9 nitrogen and oxygen atoms in total. The number of rotatable bonds is 10. The molecule has 10 heteroatoms. The van der Waals surface area contributed by atoms with Gasteiger partial charge in [0.05, 0.1) is 5.69 Å². The summed E-state index contributed by atoms with van der Waals surface area (Å²) in [6.45, 7) is 19.1. The zero-order chi connectivity index (χ0) is 33.0. The Kier molecular flexibility index (Phi) is 10.8. The smallest absolute Gasteiger partial charge is 0.410 e. The molecule has 1 aliphatic carbocycles. The fraction of sp³-hybridized carbons (Fsp3) is 0.629. The third-order valence-corrected chi connectivity index (χ3v) is 10.3. The largest absolute Gasteiger partial charge is 0.444 e. The van der Waals surface area contributed by atoms with Crippen LogP contribution in [0.3, 0.4) is 0 Å². The van der Waals surface area contributed by atoms with E-state index in [0.29, 0.717) is 19.7 Å². The first-order valence-electron chi connectivity index (χ1n) is 16.3. The molecule has 0 N–H and O–H groups in total. The normalized spacial score (nSPS) is 17.5. The number of ketones is 1. The summed E-state index contributed by atoms with van der Waals surface area (Å²) in [6, 6.07) is 7.17. The number of Topliss-reactive ketones (excluding diaryl/α,β-unsaturated/α-hetero) is 1. The second-order valence-electron chi connectivity index (χ2n) is 15.6. The molecule has 1 aliphatic heterocycles. The van der Waals surface area contributed by atoms with Gasteiger partial charge in [-0.2, -0.15) is 5.26 Å². The minimum absolute atomic E-state index is 0.136. The number of pyridine rings is 1. The van der Waals surface area contributed by atoms with E-state index in [2.05, 4.69) is 50.6 Å². The highest BCUT2D eigenvalue weighted by atomic mass is 28.3. The van der Waals surface area contributed by atoms with Crippen molar-refractivity contribution in [3.8, 4) is 6.07 Å². The first kappa shape index (κ1) is 34.6. The molecule has 0 aromatic carbocycles. The second-order valence-corrected chi connectivity index (χ2v) is 21.2. The van der Waals surface area contributed by atoms with Crippen molar-refractivity contribution in [2.45, 2.75) is 117 Å². The van der Waals surface area contributed by atoms with Gasteiger partial charge in [0, 0.05) is 52.0 Å². The molecule has 45 heavy (non-hydrogen) atoms. The molecule has 1 amide bonds. The Hall–Kier alpha value is -3.29. The zero-order valence-electron chi connectivity index (χ0n) is 28.5. The molecule has 244 valence electrons. The summed E-state index contributed by atoms with van der Waals surface area (Å²) in [4.78, 5) is 37.7. The van der Waals surface area contributed by atoms with Crippen LogP contribution in [0.15, 0.2) is 24.4 Å². The van der Waals surface area contributed by atoms with Crippen molar-refractivity contribution >= 4 is 25.5 Å². The molecule has 1 saturated heterocycles. The van der Waals surface area contributed by atoms with Crippen molar-refractivity contribution in [2.75, 3.05) is 19.7 Å². The first-order chi connectivity index (χ1) is 21.0. The molecule has 2 aromatic heterocycles. The highest BCUT2D eigenvalue weighted by Crippen LogP contribution is 2.39. The van der Waals surface area contributed by atoms with Gasteiger partial charge in [-0.05, 0) is 81.5 Å². The number of allylic oxidation sites excluding steroid dienone is 2. The Labute approximate surface area is 270 Å². The van der Waals surface area contributed by atoms with E-state index in [9.17, 15) is 14.9 Å². The number of piperidine rings is 1. The summed E-state index contributed by atoms with van der Waals surface area (Å²) in [5, 5.41) is 9.51. The molecule has 2 aromatic rings. The Morgan fingerprint density at radius 2 is 1.84 bits per heavy atom. The van der Waals surface area contributed by atoms with E-state index in [4.69, 9.17) is 14.5 Å². The van der Waals surface area contributed by atoms with Crippen LogP contribution in [0.2, 0.25) is 25.7 Å². The number of nitrogens with zero attached hydrogens (tertiary/aromatic N) is 5. The van der Waals surface area contributed by atoms with Crippen LogP contribution in [0, 0.1) is 16.7 Å². The highest BCUT2D eigenvalue weighted by Gasteiger charge is 2.30. The van der Waals surface area contributed by atoms with Crippen molar-refractivity contribution in [1.82, 2.24) is 19.4 Å². The third kappa shape index (κ3) is 9.85. The molecule has 0 radical (unpaired) electrons. The van der Waals surface area contributed by atoms with Gasteiger partial charge in [-0.3, -0.25) is 9.78 Å². The summed E-state index contributed by atoms with van der Waals surface area (Å²) in [7, 11) is -1.25. The maximum absolute atomic E-state index is 13.7. The standard InChI is InChI=1S/C35H51N5O4Si/c1-34(2,3)44-33(42)39-17-13-25(14-18-39)29-10-9-27(31(38-29)26-11-15-35(4,5)16-12-26)21-30(41)32-37-28(22-36)23-40(32)24-43-19-20-45(6,7)8/h9-11,23,25H,12-21,24H2,1-8H3.